The van der Waals surface area contributed by atoms with Gasteiger partial charge in [0.1, 0.15) is 11.3 Å². The lowest BCUT2D eigenvalue weighted by atomic mass is 10.2. The van der Waals surface area contributed by atoms with Gasteiger partial charge >= 0.3 is 0 Å². The number of hydrogen-bond donors (Lipinski definition) is 2. The fraction of sp³-hybridized carbons (Fsp3) is 0.118. The zero-order valence-electron chi connectivity index (χ0n) is 11.8. The number of benzene rings is 2. The third-order valence-electron chi connectivity index (χ3n) is 3.35. The maximum atomic E-state index is 12.2. The first-order chi connectivity index (χ1) is 10.0. The molecule has 4 heteroatoms. The molecule has 0 saturated heterocycles. The van der Waals surface area contributed by atoms with Gasteiger partial charge in [-0.2, -0.15) is 0 Å². The fourth-order valence-corrected chi connectivity index (χ4v) is 2.25. The molecular formula is C17H15NO3. The van der Waals surface area contributed by atoms with E-state index in [1.807, 2.05) is 32.0 Å². The van der Waals surface area contributed by atoms with E-state index in [-0.39, 0.29) is 17.4 Å². The SMILES string of the molecule is Cc1ccc2oc(C(=O)Nc3ccc(O)cc3C)cc2c1. The van der Waals surface area contributed by atoms with Crippen molar-refractivity contribution in [1.29, 1.82) is 0 Å². The summed E-state index contributed by atoms with van der Waals surface area (Å²) in [5, 5.41) is 13.1. The lowest BCUT2D eigenvalue weighted by Gasteiger charge is -2.06. The Balaban J connectivity index is 1.89. The van der Waals surface area contributed by atoms with Crippen molar-refractivity contribution in [3.8, 4) is 5.75 Å². The molecule has 3 rings (SSSR count). The molecule has 0 fully saturated rings. The van der Waals surface area contributed by atoms with Gasteiger partial charge in [-0.1, -0.05) is 11.6 Å². The van der Waals surface area contributed by atoms with Crippen LogP contribution in [-0.4, -0.2) is 11.0 Å². The number of fused-ring (bicyclic) bond motifs is 1. The topological polar surface area (TPSA) is 62.5 Å². The largest absolute Gasteiger partial charge is 0.508 e. The highest BCUT2D eigenvalue weighted by atomic mass is 16.3. The van der Waals surface area contributed by atoms with E-state index in [1.165, 1.54) is 6.07 Å². The van der Waals surface area contributed by atoms with E-state index in [9.17, 15) is 9.90 Å². The van der Waals surface area contributed by atoms with Crippen molar-refractivity contribution >= 4 is 22.6 Å². The van der Waals surface area contributed by atoms with Gasteiger partial charge in [0.25, 0.3) is 5.91 Å². The van der Waals surface area contributed by atoms with Crippen LogP contribution in [0.1, 0.15) is 21.7 Å². The van der Waals surface area contributed by atoms with E-state index in [2.05, 4.69) is 5.32 Å². The van der Waals surface area contributed by atoms with Crippen LogP contribution in [-0.2, 0) is 0 Å². The van der Waals surface area contributed by atoms with Crippen molar-refractivity contribution < 1.29 is 14.3 Å². The van der Waals surface area contributed by atoms with E-state index in [0.29, 0.717) is 11.3 Å². The Bertz CT molecular complexity index is 833. The molecule has 3 aromatic rings. The summed E-state index contributed by atoms with van der Waals surface area (Å²) in [6, 6.07) is 12.3. The number of aromatic hydroxyl groups is 1. The van der Waals surface area contributed by atoms with Crippen molar-refractivity contribution in [1.82, 2.24) is 0 Å². The second kappa shape index (κ2) is 4.98. The number of rotatable bonds is 2. The first-order valence-corrected chi connectivity index (χ1v) is 6.64. The Labute approximate surface area is 122 Å². The van der Waals surface area contributed by atoms with Gasteiger partial charge < -0.3 is 14.8 Å². The minimum absolute atomic E-state index is 0.171. The maximum absolute atomic E-state index is 12.2. The predicted octanol–water partition coefficient (Wildman–Crippen LogP) is 4.01. The quantitative estimate of drug-likeness (QED) is 0.698. The number of nitrogens with one attached hydrogen (secondary N) is 1. The first-order valence-electron chi connectivity index (χ1n) is 6.64. The number of carbonyl (C=O) groups excluding carboxylic acids is 1. The van der Waals surface area contributed by atoms with E-state index >= 15 is 0 Å². The highest BCUT2D eigenvalue weighted by Crippen LogP contribution is 2.23. The average molecular weight is 281 g/mol. The van der Waals surface area contributed by atoms with Crippen LogP contribution in [0.25, 0.3) is 11.0 Å². The van der Waals surface area contributed by atoms with Crippen molar-refractivity contribution in [2.45, 2.75) is 13.8 Å². The summed E-state index contributed by atoms with van der Waals surface area (Å²) in [6.07, 6.45) is 0. The Hall–Kier alpha value is -2.75. The zero-order chi connectivity index (χ0) is 15.0. The summed E-state index contributed by atoms with van der Waals surface area (Å²) in [5.74, 6) is 0.130. The Morgan fingerprint density at radius 3 is 2.67 bits per heavy atom. The van der Waals surface area contributed by atoms with Gasteiger partial charge in [0.15, 0.2) is 5.76 Å². The number of anilines is 1. The molecule has 2 N–H and O–H groups in total. The fourth-order valence-electron chi connectivity index (χ4n) is 2.25. The number of amides is 1. The molecule has 0 unspecified atom stereocenters. The Morgan fingerprint density at radius 2 is 1.90 bits per heavy atom. The van der Waals surface area contributed by atoms with Crippen LogP contribution < -0.4 is 5.32 Å². The van der Waals surface area contributed by atoms with E-state index in [0.717, 1.165) is 16.5 Å². The predicted molar refractivity (Wildman–Crippen MR) is 81.7 cm³/mol. The van der Waals surface area contributed by atoms with Crippen LogP contribution in [0.15, 0.2) is 46.9 Å². The summed E-state index contributed by atoms with van der Waals surface area (Å²) in [4.78, 5) is 12.2. The standard InChI is InChI=1S/C17H15NO3/c1-10-3-6-15-12(7-10)9-16(21-15)17(20)18-14-5-4-13(19)8-11(14)2/h3-9,19H,1-2H3,(H,18,20). The summed E-state index contributed by atoms with van der Waals surface area (Å²) in [5.41, 5.74) is 3.24. The van der Waals surface area contributed by atoms with Gasteiger partial charge in [-0.3, -0.25) is 4.79 Å². The van der Waals surface area contributed by atoms with Gasteiger partial charge in [0.05, 0.1) is 0 Å². The normalized spacial score (nSPS) is 10.8. The molecule has 0 bridgehead atoms. The molecule has 0 spiro atoms. The number of hydrogen-bond acceptors (Lipinski definition) is 3. The minimum atomic E-state index is -0.308. The molecule has 0 atom stereocenters. The van der Waals surface area contributed by atoms with Crippen LogP contribution in [0, 0.1) is 13.8 Å². The molecule has 0 aliphatic heterocycles. The highest BCUT2D eigenvalue weighted by Gasteiger charge is 2.13. The van der Waals surface area contributed by atoms with Crippen LogP contribution >= 0.6 is 0 Å². The summed E-state index contributed by atoms with van der Waals surface area (Å²) in [6.45, 7) is 3.81. The van der Waals surface area contributed by atoms with Gasteiger partial charge in [-0.25, -0.2) is 0 Å². The molecule has 1 heterocycles. The smallest absolute Gasteiger partial charge is 0.291 e. The second-order valence-electron chi connectivity index (χ2n) is 5.11. The van der Waals surface area contributed by atoms with Crippen molar-refractivity contribution in [3.63, 3.8) is 0 Å². The van der Waals surface area contributed by atoms with Gasteiger partial charge in [0.2, 0.25) is 0 Å². The molecule has 21 heavy (non-hydrogen) atoms. The molecule has 0 aliphatic carbocycles. The monoisotopic (exact) mass is 281 g/mol. The molecule has 4 nitrogen and oxygen atoms in total. The number of furan rings is 1. The van der Waals surface area contributed by atoms with E-state index in [4.69, 9.17) is 4.42 Å². The number of carbonyl (C=O) groups is 1. The van der Waals surface area contributed by atoms with Crippen molar-refractivity contribution in [2.24, 2.45) is 0 Å². The Morgan fingerprint density at radius 1 is 1.10 bits per heavy atom. The molecule has 0 aliphatic rings. The van der Waals surface area contributed by atoms with Crippen LogP contribution in [0.3, 0.4) is 0 Å². The van der Waals surface area contributed by atoms with E-state index in [1.54, 1.807) is 18.2 Å². The molecule has 0 radical (unpaired) electrons. The summed E-state index contributed by atoms with van der Waals surface area (Å²) < 4.78 is 5.56. The number of aryl methyl sites for hydroxylation is 2. The maximum Gasteiger partial charge on any atom is 0.291 e. The molecule has 106 valence electrons. The molecular weight excluding hydrogens is 266 g/mol. The lowest BCUT2D eigenvalue weighted by Crippen LogP contribution is -2.11. The van der Waals surface area contributed by atoms with Crippen molar-refractivity contribution in [3.05, 3.63) is 59.4 Å². The first kappa shape index (κ1) is 13.2. The van der Waals surface area contributed by atoms with Crippen LogP contribution in [0.4, 0.5) is 5.69 Å². The van der Waals surface area contributed by atoms with Gasteiger partial charge in [-0.05, 0) is 55.8 Å². The second-order valence-corrected chi connectivity index (χ2v) is 5.11. The summed E-state index contributed by atoms with van der Waals surface area (Å²) in [7, 11) is 0. The Kier molecular flexibility index (Phi) is 3.14. The van der Waals surface area contributed by atoms with Gasteiger partial charge in [-0.15, -0.1) is 0 Å². The van der Waals surface area contributed by atoms with Gasteiger partial charge in [0, 0.05) is 11.1 Å². The van der Waals surface area contributed by atoms with Crippen LogP contribution in [0.2, 0.25) is 0 Å². The van der Waals surface area contributed by atoms with Crippen molar-refractivity contribution in [2.75, 3.05) is 5.32 Å². The highest BCUT2D eigenvalue weighted by molar-refractivity contribution is 6.05. The summed E-state index contributed by atoms with van der Waals surface area (Å²) >= 11 is 0. The van der Waals surface area contributed by atoms with E-state index < -0.39 is 0 Å². The molecule has 0 saturated carbocycles. The van der Waals surface area contributed by atoms with Crippen LogP contribution in [0.5, 0.6) is 5.75 Å². The minimum Gasteiger partial charge on any atom is -0.508 e. The lowest BCUT2D eigenvalue weighted by molar-refractivity contribution is 0.0998. The molecule has 1 amide bonds. The third kappa shape index (κ3) is 2.60. The molecule has 1 aromatic heterocycles. The number of phenolic OH excluding ortho intramolecular Hbond substituents is 1. The number of phenols is 1. The average Bonchev–Trinajstić information content (AvgIpc) is 2.85. The zero-order valence-corrected chi connectivity index (χ0v) is 11.8. The third-order valence-corrected chi connectivity index (χ3v) is 3.35. The molecule has 2 aromatic carbocycles.